The molecule has 11 nitrogen and oxygen atoms in total. The Morgan fingerprint density at radius 1 is 1.09 bits per heavy atom. The van der Waals surface area contributed by atoms with E-state index < -0.39 is 20.9 Å². The van der Waals surface area contributed by atoms with Crippen molar-refractivity contribution in [2.75, 3.05) is 17.2 Å². The van der Waals surface area contributed by atoms with Crippen LogP contribution in [0, 0.1) is 10.1 Å². The number of nitro groups is 1. The van der Waals surface area contributed by atoms with Crippen LogP contribution in [-0.4, -0.2) is 31.8 Å². The lowest BCUT2D eigenvalue weighted by Gasteiger charge is -2.18. The highest BCUT2D eigenvalue weighted by atomic mass is 32.2. The Labute approximate surface area is 187 Å². The summed E-state index contributed by atoms with van der Waals surface area (Å²) in [7, 11) is -4.32. The molecule has 1 aliphatic rings. The van der Waals surface area contributed by atoms with Crippen molar-refractivity contribution in [1.29, 1.82) is 0 Å². The second kappa shape index (κ2) is 8.59. The molecule has 1 heterocycles. The molecule has 2 N–H and O–H groups in total. The molecule has 0 spiro atoms. The number of carbonyl (C=O) groups excluding carboxylic acids is 2. The SMILES string of the molecule is O=C1COc2ccc(NC(=O)c3ccc(OS(=O)(=O)c4cccc([N+](=O)[O-])c4)cc3)cc2N1. The second-order valence-electron chi connectivity index (χ2n) is 6.82. The fourth-order valence-corrected chi connectivity index (χ4v) is 3.92. The van der Waals surface area contributed by atoms with Crippen LogP contribution in [0.4, 0.5) is 17.1 Å². The molecule has 3 aromatic carbocycles. The van der Waals surface area contributed by atoms with Crippen LogP contribution in [0.3, 0.4) is 0 Å². The molecule has 0 radical (unpaired) electrons. The predicted octanol–water partition coefficient (Wildman–Crippen LogP) is 2.95. The van der Waals surface area contributed by atoms with E-state index in [0.717, 1.165) is 12.1 Å². The standard InChI is InChI=1S/C21H15N3O8S/c25-20-12-31-19-9-6-14(10-18(19)23-20)22-21(26)13-4-7-16(8-5-13)32-33(29,30)17-3-1-2-15(11-17)24(27)28/h1-11H,12H2,(H,22,26)(H,23,25). The molecule has 4 rings (SSSR count). The van der Waals surface area contributed by atoms with Gasteiger partial charge in [0.1, 0.15) is 16.4 Å². The molecule has 0 atom stereocenters. The number of hydrogen-bond donors (Lipinski definition) is 2. The van der Waals surface area contributed by atoms with Gasteiger partial charge in [0.2, 0.25) is 0 Å². The van der Waals surface area contributed by atoms with Gasteiger partial charge in [-0.2, -0.15) is 8.42 Å². The average Bonchev–Trinajstić information content (AvgIpc) is 2.79. The Morgan fingerprint density at radius 2 is 1.85 bits per heavy atom. The summed E-state index contributed by atoms with van der Waals surface area (Å²) in [5.74, 6) is -0.376. The maximum absolute atomic E-state index is 12.5. The van der Waals surface area contributed by atoms with Crippen LogP contribution in [-0.2, 0) is 14.9 Å². The lowest BCUT2D eigenvalue weighted by atomic mass is 10.2. The van der Waals surface area contributed by atoms with E-state index in [1.165, 1.54) is 36.4 Å². The Morgan fingerprint density at radius 3 is 2.58 bits per heavy atom. The number of nitrogens with one attached hydrogen (secondary N) is 2. The first-order valence-electron chi connectivity index (χ1n) is 9.38. The van der Waals surface area contributed by atoms with E-state index >= 15 is 0 Å². The van der Waals surface area contributed by atoms with Crippen molar-refractivity contribution in [2.24, 2.45) is 0 Å². The highest BCUT2D eigenvalue weighted by molar-refractivity contribution is 7.87. The van der Waals surface area contributed by atoms with E-state index in [4.69, 9.17) is 8.92 Å². The minimum Gasteiger partial charge on any atom is -0.482 e. The van der Waals surface area contributed by atoms with E-state index in [1.807, 2.05) is 0 Å². The van der Waals surface area contributed by atoms with Gasteiger partial charge in [-0.1, -0.05) is 6.07 Å². The van der Waals surface area contributed by atoms with Crippen LogP contribution in [0.2, 0.25) is 0 Å². The van der Waals surface area contributed by atoms with Gasteiger partial charge in [-0.25, -0.2) is 0 Å². The summed E-state index contributed by atoms with van der Waals surface area (Å²) in [6.45, 7) is -0.0794. The molecule has 0 unspecified atom stereocenters. The van der Waals surface area contributed by atoms with E-state index in [9.17, 15) is 28.1 Å². The first kappa shape index (κ1) is 21.8. The van der Waals surface area contributed by atoms with Crippen molar-refractivity contribution in [3.8, 4) is 11.5 Å². The van der Waals surface area contributed by atoms with Crippen molar-refractivity contribution in [3.63, 3.8) is 0 Å². The van der Waals surface area contributed by atoms with Crippen LogP contribution in [0.5, 0.6) is 11.5 Å². The number of non-ortho nitro benzene ring substituents is 1. The number of rotatable bonds is 6. The number of carbonyl (C=O) groups is 2. The summed E-state index contributed by atoms with van der Waals surface area (Å²) < 4.78 is 35.1. The fourth-order valence-electron chi connectivity index (χ4n) is 2.95. The van der Waals surface area contributed by atoms with E-state index in [2.05, 4.69) is 10.6 Å². The second-order valence-corrected chi connectivity index (χ2v) is 8.36. The molecule has 0 bridgehead atoms. The molecule has 12 heteroatoms. The maximum Gasteiger partial charge on any atom is 0.339 e. The van der Waals surface area contributed by atoms with Crippen LogP contribution in [0.25, 0.3) is 0 Å². The Balaban J connectivity index is 1.45. The number of benzene rings is 3. The van der Waals surface area contributed by atoms with E-state index in [1.54, 1.807) is 18.2 Å². The Hall–Kier alpha value is -4.45. The summed E-state index contributed by atoms with van der Waals surface area (Å²) >= 11 is 0. The molecule has 2 amide bonds. The van der Waals surface area contributed by atoms with Gasteiger partial charge in [0.05, 0.1) is 10.6 Å². The fraction of sp³-hybridized carbons (Fsp3) is 0.0476. The highest BCUT2D eigenvalue weighted by Gasteiger charge is 2.20. The normalized spacial score (nSPS) is 12.7. The van der Waals surface area contributed by atoms with Crippen LogP contribution >= 0.6 is 0 Å². The van der Waals surface area contributed by atoms with Gasteiger partial charge in [0.25, 0.3) is 17.5 Å². The lowest BCUT2D eigenvalue weighted by molar-refractivity contribution is -0.385. The van der Waals surface area contributed by atoms with Gasteiger partial charge in [-0.3, -0.25) is 19.7 Å². The van der Waals surface area contributed by atoms with Gasteiger partial charge in [0.15, 0.2) is 6.61 Å². The maximum atomic E-state index is 12.5. The summed E-state index contributed by atoms with van der Waals surface area (Å²) in [5, 5.41) is 16.2. The lowest BCUT2D eigenvalue weighted by Crippen LogP contribution is -2.25. The Bertz CT molecular complexity index is 1370. The van der Waals surface area contributed by atoms with Crippen LogP contribution < -0.4 is 19.6 Å². The molecule has 33 heavy (non-hydrogen) atoms. The molecular weight excluding hydrogens is 454 g/mol. The number of fused-ring (bicyclic) bond motifs is 1. The largest absolute Gasteiger partial charge is 0.482 e. The van der Waals surface area contributed by atoms with Crippen molar-refractivity contribution < 1.29 is 31.9 Å². The zero-order valence-corrected chi connectivity index (χ0v) is 17.5. The molecule has 0 aromatic heterocycles. The molecule has 0 fully saturated rings. The number of anilines is 2. The van der Waals surface area contributed by atoms with Crippen molar-refractivity contribution in [3.05, 3.63) is 82.4 Å². The minimum atomic E-state index is -4.32. The molecule has 1 aliphatic heterocycles. The molecule has 3 aromatic rings. The number of ether oxygens (including phenoxy) is 1. The third-order valence-corrected chi connectivity index (χ3v) is 5.75. The van der Waals surface area contributed by atoms with Crippen LogP contribution in [0.15, 0.2) is 71.6 Å². The summed E-state index contributed by atoms with van der Waals surface area (Å²) in [6, 6.07) is 14.5. The first-order valence-corrected chi connectivity index (χ1v) is 10.8. The summed E-state index contributed by atoms with van der Waals surface area (Å²) in [4.78, 5) is 33.7. The number of nitro benzene ring substituents is 1. The number of hydrogen-bond acceptors (Lipinski definition) is 8. The molecule has 0 saturated heterocycles. The van der Waals surface area contributed by atoms with Gasteiger partial charge in [-0.05, 0) is 48.5 Å². The van der Waals surface area contributed by atoms with Gasteiger partial charge < -0.3 is 19.6 Å². The number of amides is 2. The third kappa shape index (κ3) is 4.91. The van der Waals surface area contributed by atoms with Crippen molar-refractivity contribution in [2.45, 2.75) is 4.90 Å². The minimum absolute atomic E-state index is 0.0771. The topological polar surface area (TPSA) is 154 Å². The molecule has 0 saturated carbocycles. The van der Waals surface area contributed by atoms with E-state index in [0.29, 0.717) is 17.1 Å². The number of nitrogens with zero attached hydrogens (tertiary/aromatic N) is 1. The first-order chi connectivity index (χ1) is 15.7. The van der Waals surface area contributed by atoms with E-state index in [-0.39, 0.29) is 34.4 Å². The van der Waals surface area contributed by atoms with Gasteiger partial charge in [-0.15, -0.1) is 0 Å². The monoisotopic (exact) mass is 469 g/mol. The Kier molecular flexibility index (Phi) is 5.67. The molecular formula is C21H15N3O8S. The zero-order chi connectivity index (χ0) is 23.6. The van der Waals surface area contributed by atoms with Gasteiger partial charge >= 0.3 is 10.1 Å². The van der Waals surface area contributed by atoms with Crippen LogP contribution in [0.1, 0.15) is 10.4 Å². The van der Waals surface area contributed by atoms with Gasteiger partial charge in [0, 0.05) is 23.4 Å². The molecule has 0 aliphatic carbocycles. The summed E-state index contributed by atoms with van der Waals surface area (Å²) in [6.07, 6.45) is 0. The predicted molar refractivity (Wildman–Crippen MR) is 116 cm³/mol. The average molecular weight is 469 g/mol. The van der Waals surface area contributed by atoms with Crippen molar-refractivity contribution >= 4 is 39.0 Å². The smallest absolute Gasteiger partial charge is 0.339 e. The molecule has 168 valence electrons. The quantitative estimate of drug-likeness (QED) is 0.317. The highest BCUT2D eigenvalue weighted by Crippen LogP contribution is 2.30. The van der Waals surface area contributed by atoms with Crippen molar-refractivity contribution in [1.82, 2.24) is 0 Å². The third-order valence-electron chi connectivity index (χ3n) is 4.51. The summed E-state index contributed by atoms with van der Waals surface area (Å²) in [5.41, 5.74) is 0.672. The zero-order valence-electron chi connectivity index (χ0n) is 16.7.